The summed E-state index contributed by atoms with van der Waals surface area (Å²) in [5, 5.41) is 0. The van der Waals surface area contributed by atoms with Crippen LogP contribution in [-0.4, -0.2) is 56.5 Å². The molecule has 2 aromatic rings. The normalized spacial score (nSPS) is 19.5. The number of hydrogen-bond donors (Lipinski definition) is 0. The molecule has 2 amide bonds. The number of halogens is 1. The Labute approximate surface area is 182 Å². The van der Waals surface area contributed by atoms with Crippen molar-refractivity contribution in [1.82, 2.24) is 4.90 Å². The number of anilines is 2. The van der Waals surface area contributed by atoms with Crippen LogP contribution in [0.1, 0.15) is 18.4 Å². The Kier molecular flexibility index (Phi) is 6.11. The fraction of sp³-hybridized carbons (Fsp3) is 0.417. The molecule has 0 N–H and O–H groups in total. The number of benzene rings is 2. The summed E-state index contributed by atoms with van der Waals surface area (Å²) in [7, 11) is 1.65. The highest BCUT2D eigenvalue weighted by Gasteiger charge is 2.38. The molecule has 4 rings (SSSR count). The van der Waals surface area contributed by atoms with Gasteiger partial charge in [0.25, 0.3) is 0 Å². The highest BCUT2D eigenvalue weighted by molar-refractivity contribution is 6.00. The molecule has 0 saturated carbocycles. The standard InChI is InChI=1S/C24H28FN3O3/c1-17-4-9-22(21(25)14-17)28-16-18(15-23(28)29)24(30)27-11-3-10-26(12-13-27)19-5-7-20(31-2)8-6-19/h4-9,14,18H,3,10-13,15-16H2,1-2H3. The maximum Gasteiger partial charge on any atom is 0.228 e. The molecule has 0 aliphatic carbocycles. The third-order valence-electron chi connectivity index (χ3n) is 6.11. The molecule has 1 unspecified atom stereocenters. The van der Waals surface area contributed by atoms with Gasteiger partial charge in [0.15, 0.2) is 0 Å². The molecule has 0 radical (unpaired) electrons. The van der Waals surface area contributed by atoms with Crippen LogP contribution in [0.25, 0.3) is 0 Å². The molecule has 2 heterocycles. The summed E-state index contributed by atoms with van der Waals surface area (Å²) in [6, 6.07) is 12.7. The number of rotatable bonds is 4. The first kappa shape index (κ1) is 21.2. The summed E-state index contributed by atoms with van der Waals surface area (Å²) in [6.07, 6.45) is 0.986. The van der Waals surface area contributed by atoms with Gasteiger partial charge in [-0.05, 0) is 55.3 Å². The van der Waals surface area contributed by atoms with E-state index < -0.39 is 11.7 Å². The van der Waals surface area contributed by atoms with E-state index in [0.29, 0.717) is 13.1 Å². The minimum atomic E-state index is -0.430. The molecule has 31 heavy (non-hydrogen) atoms. The van der Waals surface area contributed by atoms with Crippen molar-refractivity contribution >= 4 is 23.2 Å². The smallest absolute Gasteiger partial charge is 0.228 e. The van der Waals surface area contributed by atoms with Crippen molar-refractivity contribution < 1.29 is 18.7 Å². The van der Waals surface area contributed by atoms with Gasteiger partial charge in [0.05, 0.1) is 18.7 Å². The topological polar surface area (TPSA) is 53.1 Å². The summed E-state index contributed by atoms with van der Waals surface area (Å²) in [6.45, 7) is 4.90. The SMILES string of the molecule is COc1ccc(N2CCCN(C(=O)C3CC(=O)N(c4ccc(C)cc4F)C3)CC2)cc1. The Morgan fingerprint density at radius 2 is 1.84 bits per heavy atom. The van der Waals surface area contributed by atoms with Crippen LogP contribution in [0, 0.1) is 18.7 Å². The van der Waals surface area contributed by atoms with Crippen LogP contribution in [0.5, 0.6) is 5.75 Å². The molecule has 7 heteroatoms. The summed E-state index contributed by atoms with van der Waals surface area (Å²) in [5.74, 6) is -0.251. The number of methoxy groups -OCH3 is 1. The lowest BCUT2D eigenvalue weighted by Crippen LogP contribution is -2.40. The predicted molar refractivity (Wildman–Crippen MR) is 118 cm³/mol. The van der Waals surface area contributed by atoms with Gasteiger partial charge in [-0.1, -0.05) is 6.07 Å². The zero-order valence-corrected chi connectivity index (χ0v) is 18.0. The number of carbonyl (C=O) groups is 2. The first-order valence-electron chi connectivity index (χ1n) is 10.7. The van der Waals surface area contributed by atoms with Crippen LogP contribution in [-0.2, 0) is 9.59 Å². The van der Waals surface area contributed by atoms with Crippen molar-refractivity contribution in [3.05, 3.63) is 53.8 Å². The monoisotopic (exact) mass is 425 g/mol. The van der Waals surface area contributed by atoms with E-state index in [0.717, 1.165) is 36.5 Å². The van der Waals surface area contributed by atoms with Crippen LogP contribution >= 0.6 is 0 Å². The number of hydrogen-bond acceptors (Lipinski definition) is 4. The predicted octanol–water partition coefficient (Wildman–Crippen LogP) is 3.23. The second-order valence-electron chi connectivity index (χ2n) is 8.22. The molecular weight excluding hydrogens is 397 g/mol. The van der Waals surface area contributed by atoms with Crippen molar-refractivity contribution in [2.45, 2.75) is 19.8 Å². The summed E-state index contributed by atoms with van der Waals surface area (Å²) < 4.78 is 19.6. The molecule has 2 fully saturated rings. The van der Waals surface area contributed by atoms with Crippen molar-refractivity contribution in [2.75, 3.05) is 49.6 Å². The maximum absolute atomic E-state index is 14.4. The second kappa shape index (κ2) is 8.96. The largest absolute Gasteiger partial charge is 0.497 e. The lowest BCUT2D eigenvalue weighted by Gasteiger charge is -2.25. The Morgan fingerprint density at radius 3 is 2.55 bits per heavy atom. The van der Waals surface area contributed by atoms with Crippen LogP contribution in [0.2, 0.25) is 0 Å². The molecule has 2 aliphatic rings. The Hall–Kier alpha value is -3.09. The Bertz CT molecular complexity index is 963. The average molecular weight is 426 g/mol. The van der Waals surface area contributed by atoms with Crippen molar-refractivity contribution in [3.63, 3.8) is 0 Å². The zero-order chi connectivity index (χ0) is 22.0. The fourth-order valence-electron chi connectivity index (χ4n) is 4.38. The molecule has 2 aliphatic heterocycles. The van der Waals surface area contributed by atoms with Gasteiger partial charge in [0.2, 0.25) is 11.8 Å². The molecule has 6 nitrogen and oxygen atoms in total. The third-order valence-corrected chi connectivity index (χ3v) is 6.11. The first-order chi connectivity index (χ1) is 15.0. The van der Waals surface area contributed by atoms with E-state index in [1.54, 1.807) is 26.2 Å². The Balaban J connectivity index is 1.39. The van der Waals surface area contributed by atoms with Gasteiger partial charge in [0, 0.05) is 44.8 Å². The van der Waals surface area contributed by atoms with Crippen LogP contribution in [0.4, 0.5) is 15.8 Å². The molecule has 2 saturated heterocycles. The number of carbonyl (C=O) groups excluding carboxylic acids is 2. The third kappa shape index (κ3) is 4.50. The fourth-order valence-corrected chi connectivity index (χ4v) is 4.38. The molecule has 2 aromatic carbocycles. The van der Waals surface area contributed by atoms with E-state index in [4.69, 9.17) is 4.74 Å². The quantitative estimate of drug-likeness (QED) is 0.755. The van der Waals surface area contributed by atoms with Crippen molar-refractivity contribution in [1.29, 1.82) is 0 Å². The molecule has 1 atom stereocenters. The zero-order valence-electron chi connectivity index (χ0n) is 18.0. The van der Waals surface area contributed by atoms with Crippen molar-refractivity contribution in [2.24, 2.45) is 5.92 Å². The maximum atomic E-state index is 14.4. The number of amides is 2. The van der Waals surface area contributed by atoms with Crippen LogP contribution < -0.4 is 14.5 Å². The minimum Gasteiger partial charge on any atom is -0.497 e. The highest BCUT2D eigenvalue weighted by Crippen LogP contribution is 2.29. The van der Waals surface area contributed by atoms with Gasteiger partial charge in [-0.3, -0.25) is 9.59 Å². The highest BCUT2D eigenvalue weighted by atomic mass is 19.1. The number of nitrogens with zero attached hydrogens (tertiary/aromatic N) is 3. The molecular formula is C24H28FN3O3. The average Bonchev–Trinajstić information content (AvgIpc) is 2.98. The first-order valence-corrected chi connectivity index (χ1v) is 10.7. The van der Waals surface area contributed by atoms with E-state index >= 15 is 0 Å². The number of aryl methyl sites for hydroxylation is 1. The van der Waals surface area contributed by atoms with E-state index in [2.05, 4.69) is 4.90 Å². The lowest BCUT2D eigenvalue weighted by atomic mass is 10.1. The van der Waals surface area contributed by atoms with Gasteiger partial charge in [0.1, 0.15) is 11.6 Å². The molecule has 164 valence electrons. The van der Waals surface area contributed by atoms with Gasteiger partial charge in [-0.15, -0.1) is 0 Å². The van der Waals surface area contributed by atoms with Gasteiger partial charge in [-0.25, -0.2) is 4.39 Å². The lowest BCUT2D eigenvalue weighted by molar-refractivity contribution is -0.135. The van der Waals surface area contributed by atoms with Gasteiger partial charge < -0.3 is 19.4 Å². The van der Waals surface area contributed by atoms with E-state index in [-0.39, 0.29) is 30.5 Å². The van der Waals surface area contributed by atoms with Crippen molar-refractivity contribution in [3.8, 4) is 5.75 Å². The number of ether oxygens (including phenoxy) is 1. The van der Waals surface area contributed by atoms with E-state index in [1.807, 2.05) is 29.2 Å². The van der Waals surface area contributed by atoms with Crippen LogP contribution in [0.3, 0.4) is 0 Å². The Morgan fingerprint density at radius 1 is 1.06 bits per heavy atom. The molecule has 0 bridgehead atoms. The summed E-state index contributed by atoms with van der Waals surface area (Å²) in [5.41, 5.74) is 2.16. The second-order valence-corrected chi connectivity index (χ2v) is 8.22. The van der Waals surface area contributed by atoms with Gasteiger partial charge in [-0.2, -0.15) is 0 Å². The summed E-state index contributed by atoms with van der Waals surface area (Å²) >= 11 is 0. The molecule has 0 aromatic heterocycles. The van der Waals surface area contributed by atoms with Crippen LogP contribution in [0.15, 0.2) is 42.5 Å². The van der Waals surface area contributed by atoms with Gasteiger partial charge >= 0.3 is 0 Å². The molecule has 0 spiro atoms. The summed E-state index contributed by atoms with van der Waals surface area (Å²) in [4.78, 5) is 31.2. The minimum absolute atomic E-state index is 0.0139. The van der Waals surface area contributed by atoms with E-state index in [1.165, 1.54) is 11.0 Å². The van der Waals surface area contributed by atoms with E-state index in [9.17, 15) is 14.0 Å².